The van der Waals surface area contributed by atoms with Gasteiger partial charge in [-0.1, -0.05) is 0 Å². The predicted molar refractivity (Wildman–Crippen MR) is 113 cm³/mol. The first-order chi connectivity index (χ1) is 13.1. The van der Waals surface area contributed by atoms with E-state index in [1.54, 1.807) is 17.3 Å². The van der Waals surface area contributed by atoms with E-state index in [0.717, 1.165) is 38.9 Å². The third-order valence-corrected chi connectivity index (χ3v) is 4.92. The summed E-state index contributed by atoms with van der Waals surface area (Å²) >= 11 is 0. The fraction of sp³-hybridized carbons (Fsp3) is 0.611. The van der Waals surface area contributed by atoms with E-state index in [1.165, 1.54) is 0 Å². The van der Waals surface area contributed by atoms with Crippen molar-refractivity contribution < 1.29 is 18.7 Å². The molecular weight excluding hydrogens is 424 g/mol. The number of piperidine rings is 1. The minimum Gasteiger partial charge on any atom is -0.486 e. The second-order valence-electron chi connectivity index (χ2n) is 6.84. The number of carbonyl (C=O) groups is 1. The molecule has 164 valence electrons. The number of ether oxygens (including phenoxy) is 2. The lowest BCUT2D eigenvalue weighted by molar-refractivity contribution is -0.140. The van der Waals surface area contributed by atoms with Crippen LogP contribution in [0.3, 0.4) is 0 Å². The fourth-order valence-corrected chi connectivity index (χ4v) is 3.20. The predicted octanol–water partition coefficient (Wildman–Crippen LogP) is 1.73. The molecular formula is C18H28Cl2FN5O3. The van der Waals surface area contributed by atoms with Gasteiger partial charge >= 0.3 is 0 Å². The molecule has 1 atom stereocenters. The number of nitrogens with zero attached hydrogens (tertiary/aromatic N) is 4. The van der Waals surface area contributed by atoms with E-state index in [-0.39, 0.29) is 56.1 Å². The maximum atomic E-state index is 12.5. The second-order valence-corrected chi connectivity index (χ2v) is 6.84. The summed E-state index contributed by atoms with van der Waals surface area (Å²) in [6.07, 6.45) is 5.83. The topological polar surface area (TPSA) is 93.8 Å². The Hall–Kier alpha value is -1.68. The molecule has 1 aromatic heterocycles. The van der Waals surface area contributed by atoms with Gasteiger partial charge in [-0.3, -0.25) is 4.79 Å². The summed E-state index contributed by atoms with van der Waals surface area (Å²) in [5.41, 5.74) is 5.76. The maximum absolute atomic E-state index is 12.5. The zero-order valence-electron chi connectivity index (χ0n) is 16.3. The van der Waals surface area contributed by atoms with Gasteiger partial charge in [0.05, 0.1) is 24.8 Å². The molecule has 2 fully saturated rings. The molecule has 0 radical (unpaired) electrons. The quantitative estimate of drug-likeness (QED) is 0.674. The van der Waals surface area contributed by atoms with Crippen LogP contribution in [-0.2, 0) is 9.53 Å². The third kappa shape index (κ3) is 6.67. The Bertz CT molecular complexity index is 672. The molecule has 2 saturated heterocycles. The monoisotopic (exact) mass is 451 g/mol. The zero-order chi connectivity index (χ0) is 19.2. The number of hydrogen-bond donors (Lipinski definition) is 1. The summed E-state index contributed by atoms with van der Waals surface area (Å²) in [7, 11) is 1.81. The van der Waals surface area contributed by atoms with E-state index in [4.69, 9.17) is 15.2 Å². The van der Waals surface area contributed by atoms with Gasteiger partial charge in [-0.15, -0.1) is 24.8 Å². The Morgan fingerprint density at radius 2 is 1.90 bits per heavy atom. The number of aromatic nitrogens is 2. The number of likely N-dealkylation sites (N-methyl/N-ethyl adjacent to an activating group) is 1. The molecule has 1 amide bonds. The van der Waals surface area contributed by atoms with Crippen LogP contribution in [0.2, 0.25) is 0 Å². The van der Waals surface area contributed by atoms with Crippen molar-refractivity contribution in [1.82, 2.24) is 14.9 Å². The Morgan fingerprint density at radius 1 is 1.24 bits per heavy atom. The van der Waals surface area contributed by atoms with Gasteiger partial charge in [0.15, 0.2) is 5.75 Å². The van der Waals surface area contributed by atoms with Crippen LogP contribution in [-0.4, -0.2) is 72.8 Å². The number of halogens is 3. The molecule has 2 aliphatic heterocycles. The lowest BCUT2D eigenvalue weighted by atomic mass is 10.1. The van der Waals surface area contributed by atoms with E-state index in [9.17, 15) is 9.18 Å². The van der Waals surface area contributed by atoms with Gasteiger partial charge < -0.3 is 25.0 Å². The summed E-state index contributed by atoms with van der Waals surface area (Å²) in [6, 6.07) is 0. The second kappa shape index (κ2) is 12.1. The zero-order valence-corrected chi connectivity index (χ0v) is 18.0. The number of carbonyl (C=O) groups excluding carboxylic acids is 1. The first-order valence-corrected chi connectivity index (χ1v) is 9.19. The number of anilines is 1. The average molecular weight is 452 g/mol. The molecule has 11 heteroatoms. The molecule has 29 heavy (non-hydrogen) atoms. The molecule has 2 aliphatic rings. The highest BCUT2D eigenvalue weighted by atomic mass is 35.5. The van der Waals surface area contributed by atoms with Gasteiger partial charge in [0.2, 0.25) is 5.95 Å². The Kier molecular flexibility index (Phi) is 10.6. The van der Waals surface area contributed by atoms with Crippen LogP contribution in [0, 0.1) is 0 Å². The van der Waals surface area contributed by atoms with Crippen molar-refractivity contribution in [2.75, 3.05) is 44.7 Å². The Balaban J connectivity index is 0.00000210. The van der Waals surface area contributed by atoms with Crippen LogP contribution < -0.4 is 15.4 Å². The number of rotatable bonds is 7. The Labute approximate surface area is 182 Å². The molecule has 0 spiro atoms. The number of hydrogen-bond acceptors (Lipinski definition) is 7. The largest absolute Gasteiger partial charge is 0.486 e. The van der Waals surface area contributed by atoms with Gasteiger partial charge in [0, 0.05) is 45.2 Å². The van der Waals surface area contributed by atoms with Crippen LogP contribution in [0.15, 0.2) is 24.3 Å². The van der Waals surface area contributed by atoms with E-state index in [0.29, 0.717) is 23.6 Å². The van der Waals surface area contributed by atoms with Crippen molar-refractivity contribution in [2.24, 2.45) is 5.73 Å². The highest BCUT2D eigenvalue weighted by Crippen LogP contribution is 2.23. The van der Waals surface area contributed by atoms with Gasteiger partial charge in [-0.2, -0.15) is 0 Å². The van der Waals surface area contributed by atoms with Crippen LogP contribution >= 0.6 is 24.8 Å². The molecule has 1 aromatic rings. The van der Waals surface area contributed by atoms with Crippen molar-refractivity contribution >= 4 is 36.7 Å². The lowest BCUT2D eigenvalue weighted by Gasteiger charge is -2.32. The molecule has 2 N–H and O–H groups in total. The van der Waals surface area contributed by atoms with Crippen LogP contribution in [0.4, 0.5) is 10.3 Å². The summed E-state index contributed by atoms with van der Waals surface area (Å²) in [5.74, 6) is 1.17. The number of likely N-dealkylation sites (tertiary alicyclic amines) is 1. The maximum Gasteiger partial charge on any atom is 0.251 e. The SMILES string of the molecule is CN1CC[C@H](OC2CCN(c3ncc(OC/C(=C/F)CN)cn3)CC2)C1=O.Cl.Cl. The average Bonchev–Trinajstić information content (AvgIpc) is 3.02. The van der Waals surface area contributed by atoms with Crippen molar-refractivity contribution in [3.8, 4) is 5.75 Å². The standard InChI is InChI=1S/C18H26FN5O3.2ClH/c1-23-5-4-16(17(23)25)27-14-2-6-24(7-3-14)18-21-10-15(11-22-18)26-12-13(8-19)9-20;;/h8,10-11,14,16H,2-7,9,12,20H2,1H3;2*1H/b13-8+;;/t16-;;/m0../s1. The first-order valence-electron chi connectivity index (χ1n) is 9.19. The summed E-state index contributed by atoms with van der Waals surface area (Å²) in [5, 5.41) is 0. The minimum absolute atomic E-state index is 0. The molecule has 0 aliphatic carbocycles. The van der Waals surface area contributed by atoms with Crippen LogP contribution in [0.25, 0.3) is 0 Å². The molecule has 8 nitrogen and oxygen atoms in total. The highest BCUT2D eigenvalue weighted by molar-refractivity contribution is 5.85. The normalized spacial score (nSPS) is 20.3. The molecule has 0 unspecified atom stereocenters. The molecule has 3 heterocycles. The van der Waals surface area contributed by atoms with Crippen LogP contribution in [0.5, 0.6) is 5.75 Å². The van der Waals surface area contributed by atoms with Gasteiger partial charge in [-0.05, 0) is 12.8 Å². The summed E-state index contributed by atoms with van der Waals surface area (Å²) < 4.78 is 23.9. The minimum atomic E-state index is -0.295. The van der Waals surface area contributed by atoms with Crippen molar-refractivity contribution in [1.29, 1.82) is 0 Å². The van der Waals surface area contributed by atoms with Crippen molar-refractivity contribution in [3.63, 3.8) is 0 Å². The molecule has 0 aromatic carbocycles. The smallest absolute Gasteiger partial charge is 0.251 e. The van der Waals surface area contributed by atoms with E-state index in [1.807, 2.05) is 7.05 Å². The third-order valence-electron chi connectivity index (χ3n) is 4.92. The molecule has 3 rings (SSSR count). The van der Waals surface area contributed by atoms with Gasteiger partial charge in [0.25, 0.3) is 5.91 Å². The fourth-order valence-electron chi connectivity index (χ4n) is 3.20. The number of nitrogens with two attached hydrogens (primary N) is 1. The van der Waals surface area contributed by atoms with Crippen molar-refractivity contribution in [2.45, 2.75) is 31.5 Å². The van der Waals surface area contributed by atoms with E-state index < -0.39 is 0 Å². The van der Waals surface area contributed by atoms with Gasteiger partial charge in [-0.25, -0.2) is 14.4 Å². The summed E-state index contributed by atoms with van der Waals surface area (Å²) in [4.78, 5) is 24.4. The van der Waals surface area contributed by atoms with Gasteiger partial charge in [0.1, 0.15) is 12.7 Å². The molecule has 0 bridgehead atoms. The van der Waals surface area contributed by atoms with E-state index >= 15 is 0 Å². The van der Waals surface area contributed by atoms with E-state index in [2.05, 4.69) is 14.9 Å². The summed E-state index contributed by atoms with van der Waals surface area (Å²) in [6.45, 7) is 2.48. The Morgan fingerprint density at radius 3 is 2.41 bits per heavy atom. The number of amides is 1. The van der Waals surface area contributed by atoms with Crippen LogP contribution in [0.1, 0.15) is 19.3 Å². The van der Waals surface area contributed by atoms with Crippen molar-refractivity contribution in [3.05, 3.63) is 24.3 Å². The molecule has 0 saturated carbocycles. The first kappa shape index (κ1) is 25.4. The lowest BCUT2D eigenvalue weighted by Crippen LogP contribution is -2.40. The highest BCUT2D eigenvalue weighted by Gasteiger charge is 2.33.